The molecule has 0 bridgehead atoms. The first-order valence-corrected chi connectivity index (χ1v) is 12.6. The maximum Gasteiger partial charge on any atom is 0.240 e. The summed E-state index contributed by atoms with van der Waals surface area (Å²) in [6.45, 7) is 5.69. The number of nitrogens with one attached hydrogen (secondary N) is 1. The Morgan fingerprint density at radius 1 is 1.06 bits per heavy atom. The van der Waals surface area contributed by atoms with Crippen molar-refractivity contribution in [1.82, 2.24) is 14.7 Å². The van der Waals surface area contributed by atoms with Gasteiger partial charge in [-0.3, -0.25) is 0 Å². The van der Waals surface area contributed by atoms with Crippen molar-refractivity contribution >= 4 is 15.8 Å². The number of pyridine rings is 1. The second-order valence-corrected chi connectivity index (χ2v) is 10.6. The maximum atomic E-state index is 13.2. The molecule has 2 heterocycles. The standard InChI is InChI=1S/C24H30N4O4S/c1-14-5-8-19(33(30,31)28-22-9-7-18(29)6-4-15(22)2)11-20(14)17-10-21(24(25)27-12-17)23-13-26-16(3)32-23/h5,8,10-13,15,18,22,28-29H,4,6-7,9H2,1-3H3,(H2,25,27)/t15-,18+,22-/m1/s1. The fourth-order valence-corrected chi connectivity index (χ4v) is 5.69. The molecule has 1 saturated carbocycles. The van der Waals surface area contributed by atoms with E-state index in [1.807, 2.05) is 19.9 Å². The number of nitrogen functional groups attached to an aromatic ring is 1. The van der Waals surface area contributed by atoms with E-state index >= 15 is 0 Å². The zero-order valence-corrected chi connectivity index (χ0v) is 19.9. The minimum absolute atomic E-state index is 0.149. The highest BCUT2D eigenvalue weighted by molar-refractivity contribution is 7.89. The van der Waals surface area contributed by atoms with Gasteiger partial charge in [0.15, 0.2) is 11.7 Å². The van der Waals surface area contributed by atoms with E-state index < -0.39 is 10.0 Å². The van der Waals surface area contributed by atoms with Crippen LogP contribution >= 0.6 is 0 Å². The minimum atomic E-state index is -3.75. The number of hydrogen-bond donors (Lipinski definition) is 3. The summed E-state index contributed by atoms with van der Waals surface area (Å²) in [6.07, 6.45) is 5.55. The third-order valence-electron chi connectivity index (χ3n) is 6.40. The van der Waals surface area contributed by atoms with Gasteiger partial charge in [-0.1, -0.05) is 13.0 Å². The Labute approximate surface area is 194 Å². The Kier molecular flexibility index (Phi) is 6.56. The lowest BCUT2D eigenvalue weighted by molar-refractivity contribution is 0.156. The Morgan fingerprint density at radius 2 is 1.82 bits per heavy atom. The molecule has 0 amide bonds. The van der Waals surface area contributed by atoms with Crippen LogP contribution in [0.3, 0.4) is 0 Å². The molecule has 0 saturated heterocycles. The number of hydrogen-bond acceptors (Lipinski definition) is 7. The summed E-state index contributed by atoms with van der Waals surface area (Å²) in [5.74, 6) is 1.48. The fraction of sp³-hybridized carbons (Fsp3) is 0.417. The summed E-state index contributed by atoms with van der Waals surface area (Å²) in [6, 6.07) is 6.69. The number of anilines is 1. The molecule has 1 aliphatic carbocycles. The van der Waals surface area contributed by atoms with Crippen LogP contribution < -0.4 is 10.5 Å². The second-order valence-electron chi connectivity index (χ2n) is 8.89. The molecule has 4 N–H and O–H groups in total. The minimum Gasteiger partial charge on any atom is -0.441 e. The monoisotopic (exact) mass is 470 g/mol. The van der Waals surface area contributed by atoms with Gasteiger partial charge in [-0.25, -0.2) is 23.1 Å². The number of nitrogens with zero attached hydrogens (tertiary/aromatic N) is 2. The molecular weight excluding hydrogens is 440 g/mol. The summed E-state index contributed by atoms with van der Waals surface area (Å²) in [5, 5.41) is 9.96. The molecule has 0 unspecified atom stereocenters. The summed E-state index contributed by atoms with van der Waals surface area (Å²) in [4.78, 5) is 8.61. The number of rotatable bonds is 5. The van der Waals surface area contributed by atoms with E-state index in [4.69, 9.17) is 10.2 Å². The van der Waals surface area contributed by atoms with Crippen molar-refractivity contribution < 1.29 is 17.9 Å². The van der Waals surface area contributed by atoms with Crippen molar-refractivity contribution in [3.05, 3.63) is 48.1 Å². The smallest absolute Gasteiger partial charge is 0.240 e. The molecule has 0 spiro atoms. The van der Waals surface area contributed by atoms with Gasteiger partial charge in [-0.2, -0.15) is 0 Å². The summed E-state index contributed by atoms with van der Waals surface area (Å²) >= 11 is 0. The van der Waals surface area contributed by atoms with Crippen LogP contribution in [-0.2, 0) is 10.0 Å². The highest BCUT2D eigenvalue weighted by Gasteiger charge is 2.28. The Bertz CT molecular complexity index is 1260. The Hall–Kier alpha value is -2.75. The van der Waals surface area contributed by atoms with Crippen LogP contribution in [0.15, 0.2) is 46.0 Å². The number of benzene rings is 1. The van der Waals surface area contributed by atoms with E-state index in [1.54, 1.807) is 37.5 Å². The number of aryl methyl sites for hydroxylation is 2. The van der Waals surface area contributed by atoms with Crippen molar-refractivity contribution in [3.8, 4) is 22.5 Å². The first-order chi connectivity index (χ1) is 15.6. The topological polar surface area (TPSA) is 131 Å². The van der Waals surface area contributed by atoms with E-state index in [1.165, 1.54) is 0 Å². The molecule has 33 heavy (non-hydrogen) atoms. The van der Waals surface area contributed by atoms with E-state index in [-0.39, 0.29) is 23.0 Å². The normalized spacial score (nSPS) is 21.6. The zero-order valence-electron chi connectivity index (χ0n) is 19.1. The average molecular weight is 471 g/mol. The molecule has 176 valence electrons. The summed E-state index contributed by atoms with van der Waals surface area (Å²) < 4.78 is 35.0. The van der Waals surface area contributed by atoms with E-state index in [0.29, 0.717) is 42.3 Å². The molecule has 0 radical (unpaired) electrons. The highest BCUT2D eigenvalue weighted by Crippen LogP contribution is 2.33. The number of aliphatic hydroxyl groups excluding tert-OH is 1. The molecule has 2 aromatic heterocycles. The molecule has 4 rings (SSSR count). The van der Waals surface area contributed by atoms with Gasteiger partial charge in [0.05, 0.1) is 22.8 Å². The largest absolute Gasteiger partial charge is 0.441 e. The van der Waals surface area contributed by atoms with Crippen LogP contribution in [-0.4, -0.2) is 35.6 Å². The predicted molar refractivity (Wildman–Crippen MR) is 127 cm³/mol. The first-order valence-electron chi connectivity index (χ1n) is 11.1. The second kappa shape index (κ2) is 9.24. The molecule has 8 nitrogen and oxygen atoms in total. The molecule has 9 heteroatoms. The van der Waals surface area contributed by atoms with Gasteiger partial charge in [0.2, 0.25) is 10.0 Å². The highest BCUT2D eigenvalue weighted by atomic mass is 32.2. The Morgan fingerprint density at radius 3 is 2.55 bits per heavy atom. The van der Waals surface area contributed by atoms with Gasteiger partial charge in [-0.15, -0.1) is 0 Å². The van der Waals surface area contributed by atoms with Crippen LogP contribution in [0.5, 0.6) is 0 Å². The third kappa shape index (κ3) is 5.10. The zero-order chi connectivity index (χ0) is 23.8. The van der Waals surface area contributed by atoms with E-state index in [9.17, 15) is 13.5 Å². The van der Waals surface area contributed by atoms with Crippen molar-refractivity contribution in [2.24, 2.45) is 5.92 Å². The van der Waals surface area contributed by atoms with Crippen molar-refractivity contribution in [2.45, 2.75) is 63.5 Å². The average Bonchev–Trinajstić information content (AvgIpc) is 3.14. The lowest BCUT2D eigenvalue weighted by atomic mass is 9.98. The number of aromatic nitrogens is 2. The van der Waals surface area contributed by atoms with E-state index in [0.717, 1.165) is 23.1 Å². The van der Waals surface area contributed by atoms with Gasteiger partial charge in [0, 0.05) is 24.7 Å². The van der Waals surface area contributed by atoms with Crippen molar-refractivity contribution in [1.29, 1.82) is 0 Å². The third-order valence-corrected chi connectivity index (χ3v) is 7.88. The SMILES string of the molecule is Cc1ncc(-c2cc(-c3cc(S(=O)(=O)N[C@@H]4CC[C@@H](O)CC[C@H]4C)ccc3C)cnc2N)o1. The van der Waals surface area contributed by atoms with Gasteiger partial charge < -0.3 is 15.3 Å². The van der Waals surface area contributed by atoms with Crippen LogP contribution in [0.1, 0.15) is 44.1 Å². The van der Waals surface area contributed by atoms with Gasteiger partial charge in [-0.05, 0) is 67.9 Å². The van der Waals surface area contributed by atoms with Gasteiger partial charge in [0.25, 0.3) is 0 Å². The molecule has 1 aliphatic rings. The lowest BCUT2D eigenvalue weighted by Gasteiger charge is -2.23. The molecule has 3 aromatic rings. The molecular formula is C24H30N4O4S. The van der Waals surface area contributed by atoms with Crippen LogP contribution in [0.2, 0.25) is 0 Å². The summed E-state index contributed by atoms with van der Waals surface area (Å²) in [5.41, 5.74) is 9.05. The lowest BCUT2D eigenvalue weighted by Crippen LogP contribution is -2.38. The van der Waals surface area contributed by atoms with Crippen molar-refractivity contribution in [2.75, 3.05) is 5.73 Å². The molecule has 1 fully saturated rings. The molecule has 3 atom stereocenters. The Balaban J connectivity index is 1.67. The molecule has 1 aromatic carbocycles. The van der Waals surface area contributed by atoms with Crippen LogP contribution in [0, 0.1) is 19.8 Å². The van der Waals surface area contributed by atoms with Gasteiger partial charge >= 0.3 is 0 Å². The van der Waals surface area contributed by atoms with Gasteiger partial charge in [0.1, 0.15) is 5.82 Å². The van der Waals surface area contributed by atoms with Crippen LogP contribution in [0.4, 0.5) is 5.82 Å². The first kappa shape index (κ1) is 23.4. The number of aliphatic hydroxyl groups is 1. The number of nitrogens with two attached hydrogens (primary N) is 1. The maximum absolute atomic E-state index is 13.2. The summed E-state index contributed by atoms with van der Waals surface area (Å²) in [7, 11) is -3.75. The van der Waals surface area contributed by atoms with Crippen molar-refractivity contribution in [3.63, 3.8) is 0 Å². The number of sulfonamides is 1. The fourth-order valence-electron chi connectivity index (χ4n) is 4.28. The number of oxazole rings is 1. The predicted octanol–water partition coefficient (Wildman–Crippen LogP) is 3.82. The quantitative estimate of drug-likeness (QED) is 0.483. The molecule has 0 aliphatic heterocycles. The van der Waals surface area contributed by atoms with E-state index in [2.05, 4.69) is 14.7 Å². The van der Waals surface area contributed by atoms with Crippen LogP contribution in [0.25, 0.3) is 22.5 Å².